The lowest BCUT2D eigenvalue weighted by atomic mass is 10.0. The zero-order valence-electron chi connectivity index (χ0n) is 23.1. The number of nitrogens with zero attached hydrogens (tertiary/aromatic N) is 4. The number of aromatic hydroxyl groups is 1. The maximum Gasteiger partial charge on any atom is 0.261 e. The minimum absolute atomic E-state index is 0.0363. The van der Waals surface area contributed by atoms with Crippen LogP contribution in [0.1, 0.15) is 21.7 Å². The summed E-state index contributed by atoms with van der Waals surface area (Å²) in [5, 5.41) is 13.8. The number of ether oxygens (including phenoxy) is 4. The predicted octanol–water partition coefficient (Wildman–Crippen LogP) is 5.45. The van der Waals surface area contributed by atoms with Gasteiger partial charge in [-0.15, -0.1) is 0 Å². The summed E-state index contributed by atoms with van der Waals surface area (Å²) in [6, 6.07) is 12.3. The van der Waals surface area contributed by atoms with Crippen LogP contribution in [0.3, 0.4) is 0 Å². The lowest BCUT2D eigenvalue weighted by Gasteiger charge is -2.16. The van der Waals surface area contributed by atoms with Crippen LogP contribution >= 0.6 is 0 Å². The van der Waals surface area contributed by atoms with Gasteiger partial charge in [0.1, 0.15) is 16.8 Å². The van der Waals surface area contributed by atoms with Crippen LogP contribution < -0.4 is 19.5 Å². The smallest absolute Gasteiger partial charge is 0.261 e. The summed E-state index contributed by atoms with van der Waals surface area (Å²) in [6.45, 7) is 1.66. The monoisotopic (exact) mass is 571 g/mol. The number of carbonyl (C=O) groups excluding carboxylic acids is 1. The van der Waals surface area contributed by atoms with Crippen LogP contribution in [0.15, 0.2) is 60.9 Å². The minimum Gasteiger partial charge on any atom is -0.506 e. The number of aryl methyl sites for hydroxylation is 1. The molecule has 42 heavy (non-hydrogen) atoms. The van der Waals surface area contributed by atoms with Gasteiger partial charge in [-0.1, -0.05) is 6.07 Å². The third-order valence-electron chi connectivity index (χ3n) is 6.29. The minimum atomic E-state index is -0.754. The molecule has 0 radical (unpaired) electrons. The topological polar surface area (TPSA) is 138 Å². The van der Waals surface area contributed by atoms with Crippen molar-refractivity contribution in [3.8, 4) is 40.1 Å². The zero-order chi connectivity index (χ0) is 29.8. The normalized spacial score (nSPS) is 10.9. The summed E-state index contributed by atoms with van der Waals surface area (Å²) in [5.74, 6) is -1.05. The molecule has 214 valence electrons. The van der Waals surface area contributed by atoms with E-state index in [1.165, 1.54) is 39.7 Å². The number of methoxy groups -OCH3 is 3. The number of benzene rings is 1. The standard InChI is InChI=1S/C30H26FN5O6/c1-16-25(19-7-5-6-11-32-19)28(37)26(21(34-16)15-39-2)29(38)35-17-8-9-22(18(31)13-17)42-23-10-12-33-20-14-24(40-3)30(41-4)36-27(20)23/h5-14H,15H2,1-4H3,(H,34,37)(H,35,38). The lowest BCUT2D eigenvalue weighted by molar-refractivity contribution is 0.101. The van der Waals surface area contributed by atoms with Gasteiger partial charge in [-0.05, 0) is 31.2 Å². The van der Waals surface area contributed by atoms with E-state index in [0.717, 1.165) is 6.07 Å². The van der Waals surface area contributed by atoms with Crippen molar-refractivity contribution >= 4 is 22.6 Å². The first-order valence-electron chi connectivity index (χ1n) is 12.6. The van der Waals surface area contributed by atoms with Crippen LogP contribution in [0.2, 0.25) is 0 Å². The van der Waals surface area contributed by atoms with Gasteiger partial charge in [0, 0.05) is 43.4 Å². The van der Waals surface area contributed by atoms with Crippen molar-refractivity contribution in [1.29, 1.82) is 0 Å². The molecular weight excluding hydrogens is 545 g/mol. The predicted molar refractivity (Wildman–Crippen MR) is 152 cm³/mol. The summed E-state index contributed by atoms with van der Waals surface area (Å²) in [4.78, 5) is 30.8. The highest BCUT2D eigenvalue weighted by Crippen LogP contribution is 2.37. The average molecular weight is 572 g/mol. The number of carbonyl (C=O) groups is 1. The summed E-state index contributed by atoms with van der Waals surface area (Å²) in [6.07, 6.45) is 3.07. The fourth-order valence-corrected chi connectivity index (χ4v) is 4.40. The van der Waals surface area contributed by atoms with Gasteiger partial charge in [0.15, 0.2) is 23.1 Å². The van der Waals surface area contributed by atoms with Gasteiger partial charge in [0.05, 0.1) is 49.0 Å². The first-order valence-corrected chi connectivity index (χ1v) is 12.6. The van der Waals surface area contributed by atoms with E-state index in [-0.39, 0.29) is 46.7 Å². The molecule has 0 saturated carbocycles. The number of aromatic nitrogens is 4. The highest BCUT2D eigenvalue weighted by molar-refractivity contribution is 6.08. The van der Waals surface area contributed by atoms with Gasteiger partial charge in [-0.2, -0.15) is 0 Å². The van der Waals surface area contributed by atoms with E-state index >= 15 is 4.39 Å². The Morgan fingerprint density at radius 3 is 2.48 bits per heavy atom. The molecule has 0 aliphatic heterocycles. The van der Waals surface area contributed by atoms with Gasteiger partial charge in [-0.3, -0.25) is 19.7 Å². The molecule has 11 nitrogen and oxygen atoms in total. The Hall–Kier alpha value is -5.36. The van der Waals surface area contributed by atoms with Crippen molar-refractivity contribution < 1.29 is 33.2 Å². The summed E-state index contributed by atoms with van der Waals surface area (Å²) in [5.41, 5.74) is 2.24. The number of anilines is 1. The van der Waals surface area contributed by atoms with E-state index in [1.54, 1.807) is 43.5 Å². The van der Waals surface area contributed by atoms with Crippen LogP contribution in [0.25, 0.3) is 22.3 Å². The third-order valence-corrected chi connectivity index (χ3v) is 6.29. The molecule has 0 bridgehead atoms. The molecule has 4 aromatic heterocycles. The Bertz CT molecular complexity index is 1780. The van der Waals surface area contributed by atoms with Crippen molar-refractivity contribution in [2.24, 2.45) is 0 Å². The second-order valence-electron chi connectivity index (χ2n) is 8.97. The molecule has 1 amide bonds. The molecule has 0 unspecified atom stereocenters. The molecule has 12 heteroatoms. The third kappa shape index (κ3) is 5.47. The van der Waals surface area contributed by atoms with E-state index in [9.17, 15) is 9.90 Å². The van der Waals surface area contributed by atoms with Gasteiger partial charge >= 0.3 is 0 Å². The van der Waals surface area contributed by atoms with E-state index < -0.39 is 11.7 Å². The SMILES string of the molecule is COCc1nc(C)c(-c2ccccn2)c(O)c1C(=O)Nc1ccc(Oc2ccnc3cc(OC)c(OC)nc23)c(F)c1. The molecule has 1 aromatic carbocycles. The number of hydrogen-bond donors (Lipinski definition) is 2. The Morgan fingerprint density at radius 1 is 0.952 bits per heavy atom. The van der Waals surface area contributed by atoms with E-state index in [2.05, 4.69) is 25.3 Å². The molecule has 0 atom stereocenters. The molecule has 0 aliphatic rings. The number of hydrogen-bond acceptors (Lipinski definition) is 10. The van der Waals surface area contributed by atoms with Crippen LogP contribution in [0.5, 0.6) is 28.9 Å². The fourth-order valence-electron chi connectivity index (χ4n) is 4.40. The van der Waals surface area contributed by atoms with Crippen LogP contribution in [-0.2, 0) is 11.3 Å². The Kier molecular flexibility index (Phi) is 8.07. The lowest BCUT2D eigenvalue weighted by Crippen LogP contribution is -2.17. The molecule has 0 spiro atoms. The quantitative estimate of drug-likeness (QED) is 0.235. The van der Waals surface area contributed by atoms with Crippen LogP contribution in [0, 0.1) is 12.7 Å². The molecule has 2 N–H and O–H groups in total. The highest BCUT2D eigenvalue weighted by Gasteiger charge is 2.25. The van der Waals surface area contributed by atoms with Crippen molar-refractivity contribution in [1.82, 2.24) is 19.9 Å². The Labute approximate surface area is 239 Å². The van der Waals surface area contributed by atoms with E-state index in [0.29, 0.717) is 33.7 Å². The number of pyridine rings is 4. The van der Waals surface area contributed by atoms with Gasteiger partial charge in [0.2, 0.25) is 0 Å². The Balaban J connectivity index is 1.44. The fraction of sp³-hybridized carbons (Fsp3) is 0.167. The molecule has 4 heterocycles. The largest absolute Gasteiger partial charge is 0.506 e. The number of rotatable bonds is 9. The van der Waals surface area contributed by atoms with E-state index in [1.807, 2.05) is 0 Å². The first-order chi connectivity index (χ1) is 20.3. The zero-order valence-corrected chi connectivity index (χ0v) is 23.1. The van der Waals surface area contributed by atoms with Gasteiger partial charge in [0.25, 0.3) is 11.8 Å². The molecule has 0 aliphatic carbocycles. The second kappa shape index (κ2) is 12.0. The van der Waals surface area contributed by atoms with Gasteiger partial charge < -0.3 is 29.4 Å². The summed E-state index contributed by atoms with van der Waals surface area (Å²) >= 11 is 0. The first kappa shape index (κ1) is 28.2. The van der Waals surface area contributed by atoms with Crippen molar-refractivity contribution in [3.63, 3.8) is 0 Å². The molecular formula is C30H26FN5O6. The van der Waals surface area contributed by atoms with Gasteiger partial charge in [-0.25, -0.2) is 9.37 Å². The maximum atomic E-state index is 15.2. The Morgan fingerprint density at radius 2 is 1.79 bits per heavy atom. The van der Waals surface area contributed by atoms with Crippen LogP contribution in [-0.4, -0.2) is 52.3 Å². The summed E-state index contributed by atoms with van der Waals surface area (Å²) < 4.78 is 36.8. The van der Waals surface area contributed by atoms with Crippen LogP contribution in [0.4, 0.5) is 10.1 Å². The van der Waals surface area contributed by atoms with E-state index in [4.69, 9.17) is 18.9 Å². The van der Waals surface area contributed by atoms with Crippen molar-refractivity contribution in [2.75, 3.05) is 26.6 Å². The number of fused-ring (bicyclic) bond motifs is 1. The molecule has 5 aromatic rings. The number of amides is 1. The molecule has 0 fully saturated rings. The average Bonchev–Trinajstić information content (AvgIpc) is 2.98. The van der Waals surface area contributed by atoms with Crippen molar-refractivity contribution in [3.05, 3.63) is 83.7 Å². The number of nitrogens with one attached hydrogen (secondary N) is 1. The van der Waals surface area contributed by atoms with Crippen molar-refractivity contribution in [2.45, 2.75) is 13.5 Å². The maximum absolute atomic E-state index is 15.2. The summed E-state index contributed by atoms with van der Waals surface area (Å²) in [7, 11) is 4.38. The highest BCUT2D eigenvalue weighted by atomic mass is 19.1. The number of halogens is 1. The molecule has 0 saturated heterocycles. The second-order valence-corrected chi connectivity index (χ2v) is 8.97. The molecule has 5 rings (SSSR count).